The number of carbonyl (C=O) groups is 1. The van der Waals surface area contributed by atoms with Gasteiger partial charge in [-0.25, -0.2) is 0 Å². The molecule has 0 saturated heterocycles. The number of nitrogens with one attached hydrogen (secondary N) is 2. The zero-order valence-electron chi connectivity index (χ0n) is 14.5. The third-order valence-corrected chi connectivity index (χ3v) is 4.15. The number of hydrogen-bond acceptors (Lipinski definition) is 5. The van der Waals surface area contributed by atoms with Crippen molar-refractivity contribution in [3.05, 3.63) is 29.8 Å². The third-order valence-electron chi connectivity index (χ3n) is 4.15. The molecule has 0 atom stereocenters. The summed E-state index contributed by atoms with van der Waals surface area (Å²) in [5.74, 6) is 0.615. The standard InChI is InChI=1S/C16H23N3.C2H4O2.Zn/c1-2-5-13(6-3-1)14-7-9-15(10-8-14)19-16-17-11-4-12-18-16;1-2(3)4;/h7-10,13H,1-6,11-12H2,(H2,17,18,19);1H3,(H,3,4);/q;;+2/p-1. The number of rotatable bonds is 2. The molecule has 126 valence electrons. The fourth-order valence-electron chi connectivity index (χ4n) is 3.03. The molecule has 1 saturated carbocycles. The van der Waals surface area contributed by atoms with Crippen LogP contribution in [0.15, 0.2) is 29.3 Å². The van der Waals surface area contributed by atoms with Gasteiger partial charge in [0.25, 0.3) is 0 Å². The molecule has 24 heavy (non-hydrogen) atoms. The first-order chi connectivity index (χ1) is 11.1. The number of carbonyl (C=O) groups excluding carboxylic acids is 1. The minimum atomic E-state index is -1.08. The number of hydrogen-bond donors (Lipinski definition) is 2. The molecule has 1 fully saturated rings. The van der Waals surface area contributed by atoms with Crippen molar-refractivity contribution in [2.75, 3.05) is 18.4 Å². The normalized spacial score (nSPS) is 17.3. The Hall–Kier alpha value is -1.42. The molecule has 1 aromatic carbocycles. The molecular weight excluding hydrogens is 356 g/mol. The van der Waals surface area contributed by atoms with Crippen LogP contribution >= 0.6 is 0 Å². The van der Waals surface area contributed by atoms with E-state index in [-0.39, 0.29) is 19.5 Å². The van der Waals surface area contributed by atoms with Crippen LogP contribution in [0.2, 0.25) is 0 Å². The monoisotopic (exact) mass is 380 g/mol. The van der Waals surface area contributed by atoms with E-state index in [1.165, 1.54) is 37.7 Å². The smallest absolute Gasteiger partial charge is 0.550 e. The zero-order valence-corrected chi connectivity index (χ0v) is 17.5. The molecule has 2 aliphatic rings. The number of anilines is 1. The Labute approximate surface area is 157 Å². The molecule has 5 nitrogen and oxygen atoms in total. The van der Waals surface area contributed by atoms with Crippen LogP contribution in [0, 0.1) is 0 Å². The summed E-state index contributed by atoms with van der Waals surface area (Å²) in [4.78, 5) is 13.3. The Bertz CT molecular complexity index is 522. The molecule has 0 bridgehead atoms. The van der Waals surface area contributed by atoms with Gasteiger partial charge in [0.15, 0.2) is 5.96 Å². The minimum absolute atomic E-state index is 0. The van der Waals surface area contributed by atoms with Gasteiger partial charge in [0.1, 0.15) is 0 Å². The third kappa shape index (κ3) is 7.44. The Morgan fingerprint density at radius 3 is 2.33 bits per heavy atom. The van der Waals surface area contributed by atoms with Crippen molar-refractivity contribution in [2.24, 2.45) is 4.99 Å². The predicted octanol–water partition coefficient (Wildman–Crippen LogP) is 2.25. The summed E-state index contributed by atoms with van der Waals surface area (Å²) in [6.45, 7) is 2.92. The summed E-state index contributed by atoms with van der Waals surface area (Å²) in [5, 5.41) is 15.5. The largest absolute Gasteiger partial charge is 2.00 e. The SMILES string of the molecule is CC(=O)[O-].[Zn+2].c1cc(C2CCCCC2)ccc1NC1=NCCCN1. The number of carboxylic acid groups (broad SMARTS) is 1. The first-order valence-corrected chi connectivity index (χ1v) is 8.48. The van der Waals surface area contributed by atoms with Gasteiger partial charge in [0.05, 0.1) is 0 Å². The van der Waals surface area contributed by atoms with Crippen LogP contribution < -0.4 is 15.7 Å². The molecule has 1 heterocycles. The molecule has 0 unspecified atom stereocenters. The Morgan fingerprint density at radius 2 is 1.79 bits per heavy atom. The van der Waals surface area contributed by atoms with Crippen LogP contribution in [-0.4, -0.2) is 25.0 Å². The quantitative estimate of drug-likeness (QED) is 0.770. The van der Waals surface area contributed by atoms with E-state index in [0.717, 1.165) is 44.0 Å². The maximum absolute atomic E-state index is 8.89. The second kappa shape index (κ2) is 11.2. The van der Waals surface area contributed by atoms with Crippen molar-refractivity contribution >= 4 is 17.6 Å². The Balaban J connectivity index is 0.000000522. The maximum atomic E-state index is 8.89. The maximum Gasteiger partial charge on any atom is 2.00 e. The van der Waals surface area contributed by atoms with Crippen LogP contribution in [0.5, 0.6) is 0 Å². The van der Waals surface area contributed by atoms with Gasteiger partial charge >= 0.3 is 19.5 Å². The van der Waals surface area contributed by atoms with Crippen LogP contribution in [0.1, 0.15) is 56.9 Å². The van der Waals surface area contributed by atoms with E-state index in [2.05, 4.69) is 39.9 Å². The Morgan fingerprint density at radius 1 is 1.17 bits per heavy atom. The first-order valence-electron chi connectivity index (χ1n) is 8.48. The van der Waals surface area contributed by atoms with E-state index in [1.54, 1.807) is 0 Å². The average molecular weight is 382 g/mol. The number of benzene rings is 1. The molecule has 1 aliphatic heterocycles. The van der Waals surface area contributed by atoms with Crippen molar-refractivity contribution < 1.29 is 29.4 Å². The van der Waals surface area contributed by atoms with Crippen LogP contribution in [-0.2, 0) is 24.3 Å². The number of carboxylic acids is 1. The van der Waals surface area contributed by atoms with Crippen molar-refractivity contribution in [3.63, 3.8) is 0 Å². The molecule has 0 amide bonds. The summed E-state index contributed by atoms with van der Waals surface area (Å²) in [7, 11) is 0. The summed E-state index contributed by atoms with van der Waals surface area (Å²) in [6.07, 6.45) is 8.06. The summed E-state index contributed by atoms with van der Waals surface area (Å²) < 4.78 is 0. The molecule has 0 radical (unpaired) electrons. The van der Waals surface area contributed by atoms with Crippen molar-refractivity contribution in [1.29, 1.82) is 0 Å². The van der Waals surface area contributed by atoms with Gasteiger partial charge in [-0.2, -0.15) is 0 Å². The summed E-state index contributed by atoms with van der Waals surface area (Å²) >= 11 is 0. The van der Waals surface area contributed by atoms with E-state index >= 15 is 0 Å². The van der Waals surface area contributed by atoms with Gasteiger partial charge in [0.2, 0.25) is 0 Å². The first kappa shape index (κ1) is 20.6. The fraction of sp³-hybridized carbons (Fsp3) is 0.556. The van der Waals surface area contributed by atoms with E-state index in [1.807, 2.05) is 0 Å². The van der Waals surface area contributed by atoms with Gasteiger partial charge < -0.3 is 20.5 Å². The van der Waals surface area contributed by atoms with Crippen molar-refractivity contribution in [2.45, 2.75) is 51.4 Å². The number of nitrogens with zero attached hydrogens (tertiary/aromatic N) is 1. The van der Waals surface area contributed by atoms with E-state index in [0.29, 0.717) is 0 Å². The molecule has 3 rings (SSSR count). The Kier molecular flexibility index (Phi) is 9.62. The summed E-state index contributed by atoms with van der Waals surface area (Å²) in [5.41, 5.74) is 2.64. The van der Waals surface area contributed by atoms with E-state index in [9.17, 15) is 0 Å². The van der Waals surface area contributed by atoms with Gasteiger partial charge in [-0.15, -0.1) is 0 Å². The molecule has 1 aliphatic carbocycles. The van der Waals surface area contributed by atoms with Gasteiger partial charge in [-0.1, -0.05) is 31.4 Å². The minimum Gasteiger partial charge on any atom is -0.550 e. The second-order valence-electron chi connectivity index (χ2n) is 6.08. The molecule has 0 aromatic heterocycles. The van der Waals surface area contributed by atoms with Gasteiger partial charge in [-0.3, -0.25) is 4.99 Å². The van der Waals surface area contributed by atoms with Crippen molar-refractivity contribution in [1.82, 2.24) is 5.32 Å². The molecule has 0 spiro atoms. The van der Waals surface area contributed by atoms with E-state index < -0.39 is 5.97 Å². The fourth-order valence-corrected chi connectivity index (χ4v) is 3.03. The van der Waals surface area contributed by atoms with Crippen LogP contribution in [0.4, 0.5) is 5.69 Å². The number of guanidine groups is 1. The summed E-state index contributed by atoms with van der Waals surface area (Å²) in [6, 6.07) is 8.93. The number of aliphatic carboxylic acids is 1. The zero-order chi connectivity index (χ0) is 16.5. The van der Waals surface area contributed by atoms with Crippen molar-refractivity contribution in [3.8, 4) is 0 Å². The number of aliphatic imine (C=N–C) groups is 1. The van der Waals surface area contributed by atoms with Crippen LogP contribution in [0.25, 0.3) is 0 Å². The average Bonchev–Trinajstić information content (AvgIpc) is 2.57. The van der Waals surface area contributed by atoms with Gasteiger partial charge in [-0.05, 0) is 49.8 Å². The second-order valence-corrected chi connectivity index (χ2v) is 6.08. The van der Waals surface area contributed by atoms with E-state index in [4.69, 9.17) is 9.90 Å². The topological polar surface area (TPSA) is 76.5 Å². The predicted molar refractivity (Wildman–Crippen MR) is 91.5 cm³/mol. The van der Waals surface area contributed by atoms with Gasteiger partial charge in [0, 0.05) is 24.7 Å². The van der Waals surface area contributed by atoms with Crippen LogP contribution in [0.3, 0.4) is 0 Å². The molecule has 1 aromatic rings. The molecular formula is C18H26N3O2Zn+. The molecule has 6 heteroatoms. The molecule has 2 N–H and O–H groups in total.